The van der Waals surface area contributed by atoms with Gasteiger partial charge in [-0.25, -0.2) is 14.4 Å². The first-order valence-electron chi connectivity index (χ1n) is 6.35. The zero-order valence-corrected chi connectivity index (χ0v) is 12.3. The van der Waals surface area contributed by atoms with E-state index in [9.17, 15) is 14.4 Å². The highest BCUT2D eigenvalue weighted by atomic mass is 16.5. The maximum absolute atomic E-state index is 12.1. The molecule has 2 aromatic rings. The quantitative estimate of drug-likeness (QED) is 0.639. The van der Waals surface area contributed by atoms with Gasteiger partial charge in [-0.2, -0.15) is 0 Å². The van der Waals surface area contributed by atoms with E-state index in [0.29, 0.717) is 16.3 Å². The first-order valence-corrected chi connectivity index (χ1v) is 6.35. The van der Waals surface area contributed by atoms with Crippen LogP contribution >= 0.6 is 0 Å². The minimum atomic E-state index is -0.687. The van der Waals surface area contributed by atoms with E-state index in [0.717, 1.165) is 0 Å². The number of ether oxygens (including phenoxy) is 3. The Kier molecular flexibility index (Phi) is 4.41. The van der Waals surface area contributed by atoms with Gasteiger partial charge in [-0.05, 0) is 22.9 Å². The zero-order chi connectivity index (χ0) is 16.3. The highest BCUT2D eigenvalue weighted by Gasteiger charge is 2.23. The van der Waals surface area contributed by atoms with Crippen LogP contribution in [0, 0.1) is 0 Å². The topological polar surface area (TPSA) is 78.9 Å². The highest BCUT2D eigenvalue weighted by Crippen LogP contribution is 2.27. The summed E-state index contributed by atoms with van der Waals surface area (Å²) in [6.45, 7) is 0. The lowest BCUT2D eigenvalue weighted by atomic mass is 9.95. The predicted molar refractivity (Wildman–Crippen MR) is 78.0 cm³/mol. The monoisotopic (exact) mass is 302 g/mol. The molecule has 0 radical (unpaired) electrons. The van der Waals surface area contributed by atoms with E-state index in [4.69, 9.17) is 9.47 Å². The van der Waals surface area contributed by atoms with Crippen molar-refractivity contribution in [3.8, 4) is 0 Å². The fourth-order valence-electron chi connectivity index (χ4n) is 2.25. The third kappa shape index (κ3) is 2.50. The number of hydrogen-bond donors (Lipinski definition) is 0. The number of hydrogen-bond acceptors (Lipinski definition) is 6. The summed E-state index contributed by atoms with van der Waals surface area (Å²) in [4.78, 5) is 35.7. The lowest BCUT2D eigenvalue weighted by Crippen LogP contribution is -2.13. The molecule has 0 unspecified atom stereocenters. The fraction of sp³-hybridized carbons (Fsp3) is 0.188. The molecule has 0 aliphatic carbocycles. The van der Waals surface area contributed by atoms with Crippen LogP contribution in [0.5, 0.6) is 0 Å². The lowest BCUT2D eigenvalue weighted by Gasteiger charge is -2.12. The van der Waals surface area contributed by atoms with Crippen molar-refractivity contribution in [2.24, 2.45) is 0 Å². The van der Waals surface area contributed by atoms with Crippen molar-refractivity contribution in [1.82, 2.24) is 0 Å². The van der Waals surface area contributed by atoms with Gasteiger partial charge >= 0.3 is 17.9 Å². The van der Waals surface area contributed by atoms with E-state index in [1.165, 1.54) is 27.4 Å². The van der Waals surface area contributed by atoms with Crippen molar-refractivity contribution in [2.45, 2.75) is 0 Å². The molecule has 6 nitrogen and oxygen atoms in total. The standard InChI is InChI=1S/C16H14O6/c1-20-14(17)11-6-4-5-10-9(11)7-8-12(15(18)21-2)13(10)16(19)22-3/h4-8H,1-3H3. The molecule has 0 aliphatic rings. The largest absolute Gasteiger partial charge is 0.465 e. The molecule has 0 N–H and O–H groups in total. The number of methoxy groups -OCH3 is 3. The van der Waals surface area contributed by atoms with Gasteiger partial charge in [0.2, 0.25) is 0 Å². The SMILES string of the molecule is COC(=O)c1ccc2c(C(=O)OC)cccc2c1C(=O)OC. The van der Waals surface area contributed by atoms with Crippen molar-refractivity contribution in [3.05, 3.63) is 47.0 Å². The second kappa shape index (κ2) is 6.26. The van der Waals surface area contributed by atoms with Crippen LogP contribution in [0.25, 0.3) is 10.8 Å². The summed E-state index contributed by atoms with van der Waals surface area (Å²) >= 11 is 0. The van der Waals surface area contributed by atoms with E-state index >= 15 is 0 Å². The van der Waals surface area contributed by atoms with E-state index in [2.05, 4.69) is 4.74 Å². The van der Waals surface area contributed by atoms with Gasteiger partial charge in [0.05, 0.1) is 38.0 Å². The van der Waals surface area contributed by atoms with Crippen LogP contribution in [0.4, 0.5) is 0 Å². The van der Waals surface area contributed by atoms with Gasteiger partial charge in [0, 0.05) is 0 Å². The Morgan fingerprint density at radius 1 is 0.682 bits per heavy atom. The average molecular weight is 302 g/mol. The van der Waals surface area contributed by atoms with Gasteiger partial charge < -0.3 is 14.2 Å². The van der Waals surface area contributed by atoms with Crippen LogP contribution in [-0.4, -0.2) is 39.2 Å². The van der Waals surface area contributed by atoms with Crippen LogP contribution in [-0.2, 0) is 14.2 Å². The third-order valence-corrected chi connectivity index (χ3v) is 3.26. The molecule has 0 atom stereocenters. The maximum atomic E-state index is 12.1. The summed E-state index contributed by atoms with van der Waals surface area (Å²) in [7, 11) is 3.70. The molecule has 22 heavy (non-hydrogen) atoms. The summed E-state index contributed by atoms with van der Waals surface area (Å²) in [5, 5.41) is 0.903. The number of rotatable bonds is 3. The highest BCUT2D eigenvalue weighted by molar-refractivity contribution is 6.16. The normalized spacial score (nSPS) is 10.1. The molecule has 0 saturated carbocycles. The van der Waals surface area contributed by atoms with Crippen LogP contribution in [0.3, 0.4) is 0 Å². The van der Waals surface area contributed by atoms with Gasteiger partial charge in [0.25, 0.3) is 0 Å². The Hall–Kier alpha value is -2.89. The van der Waals surface area contributed by atoms with Crippen LogP contribution in [0.1, 0.15) is 31.1 Å². The van der Waals surface area contributed by atoms with Gasteiger partial charge in [0.1, 0.15) is 0 Å². The second-order valence-corrected chi connectivity index (χ2v) is 4.36. The molecule has 2 aromatic carbocycles. The Morgan fingerprint density at radius 2 is 1.27 bits per heavy atom. The molecular weight excluding hydrogens is 288 g/mol. The molecular formula is C16H14O6. The number of esters is 3. The van der Waals surface area contributed by atoms with Crippen molar-refractivity contribution in [2.75, 3.05) is 21.3 Å². The van der Waals surface area contributed by atoms with E-state index in [1.807, 2.05) is 0 Å². The number of carbonyl (C=O) groups is 3. The van der Waals surface area contributed by atoms with Crippen LogP contribution < -0.4 is 0 Å². The first kappa shape index (κ1) is 15.5. The zero-order valence-electron chi connectivity index (χ0n) is 12.3. The van der Waals surface area contributed by atoms with Crippen molar-refractivity contribution in [1.29, 1.82) is 0 Å². The van der Waals surface area contributed by atoms with E-state index in [1.54, 1.807) is 24.3 Å². The van der Waals surface area contributed by atoms with Gasteiger partial charge in [-0.15, -0.1) is 0 Å². The summed E-state index contributed by atoms with van der Waals surface area (Å²) in [6.07, 6.45) is 0. The first-order chi connectivity index (χ1) is 10.5. The maximum Gasteiger partial charge on any atom is 0.339 e. The minimum Gasteiger partial charge on any atom is -0.465 e. The predicted octanol–water partition coefficient (Wildman–Crippen LogP) is 2.20. The average Bonchev–Trinajstić information content (AvgIpc) is 2.57. The van der Waals surface area contributed by atoms with E-state index < -0.39 is 17.9 Å². The third-order valence-electron chi connectivity index (χ3n) is 3.26. The Labute approximate surface area is 126 Å². The summed E-state index contributed by atoms with van der Waals surface area (Å²) < 4.78 is 14.1. The molecule has 0 bridgehead atoms. The minimum absolute atomic E-state index is 0.0533. The van der Waals surface area contributed by atoms with E-state index in [-0.39, 0.29) is 11.1 Å². The molecule has 6 heteroatoms. The molecule has 0 aromatic heterocycles. The van der Waals surface area contributed by atoms with Crippen molar-refractivity contribution < 1.29 is 28.6 Å². The molecule has 0 spiro atoms. The Bertz CT molecular complexity index is 763. The smallest absolute Gasteiger partial charge is 0.339 e. The Morgan fingerprint density at radius 3 is 1.86 bits per heavy atom. The molecule has 0 amide bonds. The van der Waals surface area contributed by atoms with Gasteiger partial charge in [-0.3, -0.25) is 0 Å². The summed E-state index contributed by atoms with van der Waals surface area (Å²) in [5.74, 6) is -1.88. The summed E-state index contributed by atoms with van der Waals surface area (Å²) in [6, 6.07) is 7.79. The molecule has 2 rings (SSSR count). The summed E-state index contributed by atoms with van der Waals surface area (Å²) in [5.41, 5.74) is 0.419. The van der Waals surface area contributed by atoms with Crippen molar-refractivity contribution >= 4 is 28.7 Å². The molecule has 0 fully saturated rings. The van der Waals surface area contributed by atoms with Crippen LogP contribution in [0.15, 0.2) is 30.3 Å². The van der Waals surface area contributed by atoms with Crippen LogP contribution in [0.2, 0.25) is 0 Å². The molecule has 114 valence electrons. The number of carbonyl (C=O) groups excluding carboxylic acids is 3. The molecule has 0 saturated heterocycles. The molecule has 0 heterocycles. The molecule has 0 aliphatic heterocycles. The Balaban J connectivity index is 2.85. The number of fused-ring (bicyclic) bond motifs is 1. The van der Waals surface area contributed by atoms with Gasteiger partial charge in [-0.1, -0.05) is 18.2 Å². The lowest BCUT2D eigenvalue weighted by molar-refractivity contribution is 0.0557. The second-order valence-electron chi connectivity index (χ2n) is 4.36. The fourth-order valence-corrected chi connectivity index (χ4v) is 2.25. The number of benzene rings is 2. The van der Waals surface area contributed by atoms with Gasteiger partial charge in [0.15, 0.2) is 0 Å². The van der Waals surface area contributed by atoms with Crippen molar-refractivity contribution in [3.63, 3.8) is 0 Å².